The van der Waals surface area contributed by atoms with Gasteiger partial charge in [0.1, 0.15) is 11.1 Å². The first-order valence-electron chi connectivity index (χ1n) is 10.7. The molecule has 0 aliphatic heterocycles. The number of pyridine rings is 1. The second-order valence-electron chi connectivity index (χ2n) is 7.80. The number of carboxylic acid groups (broad SMARTS) is 1. The first-order valence-corrected chi connectivity index (χ1v) is 11.0. The van der Waals surface area contributed by atoms with Crippen LogP contribution >= 0.6 is 11.6 Å². The summed E-state index contributed by atoms with van der Waals surface area (Å²) in [4.78, 5) is 49.3. The second kappa shape index (κ2) is 11.3. The molecule has 1 aromatic heterocycles. The van der Waals surface area contributed by atoms with Crippen LogP contribution in [0, 0.1) is 0 Å². The van der Waals surface area contributed by atoms with Crippen molar-refractivity contribution >= 4 is 29.4 Å². The molecule has 0 bridgehead atoms. The van der Waals surface area contributed by atoms with E-state index in [1.165, 1.54) is 18.2 Å². The Bertz CT molecular complexity index is 1470. The zero-order valence-corrected chi connectivity index (χ0v) is 19.9. The minimum atomic E-state index is -4.74. The van der Waals surface area contributed by atoms with Crippen LogP contribution in [-0.2, 0) is 24.1 Å². The fourth-order valence-corrected chi connectivity index (χ4v) is 3.71. The summed E-state index contributed by atoms with van der Waals surface area (Å²) in [5, 5.41) is 36.2. The Kier molecular flexibility index (Phi) is 8.31. The molecule has 0 aliphatic carbocycles. The number of benzene rings is 2. The molecule has 0 fully saturated rings. The third kappa shape index (κ3) is 6.06. The van der Waals surface area contributed by atoms with Crippen LogP contribution in [0.4, 0.5) is 13.2 Å². The van der Waals surface area contributed by atoms with Gasteiger partial charge in [0.15, 0.2) is 5.75 Å². The van der Waals surface area contributed by atoms with Gasteiger partial charge >= 0.3 is 6.18 Å². The van der Waals surface area contributed by atoms with Gasteiger partial charge in [-0.3, -0.25) is 19.0 Å². The number of aliphatic carboxylic acids is 1. The normalized spacial score (nSPS) is 11.2. The summed E-state index contributed by atoms with van der Waals surface area (Å²) in [5.74, 6) is -6.92. The largest absolute Gasteiger partial charge is 0.548 e. The first-order chi connectivity index (χ1) is 17.8. The molecule has 0 radical (unpaired) electrons. The average molecular weight is 553 g/mol. The van der Waals surface area contributed by atoms with Crippen LogP contribution in [0.25, 0.3) is 0 Å². The molecule has 38 heavy (non-hydrogen) atoms. The van der Waals surface area contributed by atoms with Crippen LogP contribution in [0.15, 0.2) is 53.3 Å². The van der Waals surface area contributed by atoms with Crippen molar-refractivity contribution in [1.82, 2.24) is 15.2 Å². The van der Waals surface area contributed by atoms with Gasteiger partial charge in [0, 0.05) is 11.6 Å². The van der Waals surface area contributed by atoms with Crippen LogP contribution < -0.4 is 21.3 Å². The molecule has 0 aliphatic rings. The number of rotatable bonds is 8. The van der Waals surface area contributed by atoms with Crippen LogP contribution in [-0.4, -0.2) is 39.1 Å². The van der Waals surface area contributed by atoms with Crippen LogP contribution in [0.1, 0.15) is 37.4 Å². The van der Waals surface area contributed by atoms with Gasteiger partial charge in [-0.25, -0.2) is 0 Å². The number of halogens is 4. The molecule has 0 spiro atoms. The van der Waals surface area contributed by atoms with Crippen molar-refractivity contribution in [3.05, 3.63) is 91.7 Å². The monoisotopic (exact) mass is 552 g/mol. The first kappa shape index (κ1) is 28.1. The Morgan fingerprint density at radius 2 is 1.50 bits per heavy atom. The Morgan fingerprint density at radius 3 is 2.11 bits per heavy atom. The highest BCUT2D eigenvalue weighted by atomic mass is 35.5. The lowest BCUT2D eigenvalue weighted by atomic mass is 10.1. The maximum absolute atomic E-state index is 13.3. The molecule has 200 valence electrons. The Balaban J connectivity index is 2.09. The number of hydrogen-bond donors (Lipinski definition) is 4. The number of nitrogens with zero attached hydrogens (tertiary/aromatic N) is 1. The Labute approximate surface area is 216 Å². The fraction of sp³-hybridized carbons (Fsp3) is 0.167. The summed E-state index contributed by atoms with van der Waals surface area (Å²) in [6.07, 6.45) is -4.74. The number of alkyl halides is 3. The average Bonchev–Trinajstić information content (AvgIpc) is 2.84. The maximum atomic E-state index is 13.3. The van der Waals surface area contributed by atoms with E-state index >= 15 is 0 Å². The molecule has 14 heteroatoms. The molecule has 3 rings (SSSR count). The number of amides is 2. The number of aromatic nitrogens is 1. The number of hydrogen-bond acceptors (Lipinski definition) is 7. The molecular formula is C24H18ClF3N3O7-. The highest BCUT2D eigenvalue weighted by Gasteiger charge is 2.34. The predicted molar refractivity (Wildman–Crippen MR) is 125 cm³/mol. The Hall–Kier alpha value is -4.52. The van der Waals surface area contributed by atoms with Crippen LogP contribution in [0.3, 0.4) is 0 Å². The van der Waals surface area contributed by atoms with Gasteiger partial charge in [0.05, 0.1) is 24.6 Å². The lowest BCUT2D eigenvalue weighted by molar-refractivity contribution is -0.303. The van der Waals surface area contributed by atoms with Crippen molar-refractivity contribution < 1.29 is 42.9 Å². The molecule has 2 aromatic carbocycles. The van der Waals surface area contributed by atoms with Crippen LogP contribution in [0.2, 0.25) is 5.02 Å². The smallest absolute Gasteiger partial charge is 0.416 e. The summed E-state index contributed by atoms with van der Waals surface area (Å²) in [6, 6.07) is 10.4. The zero-order valence-electron chi connectivity index (χ0n) is 19.1. The molecule has 10 nitrogen and oxygen atoms in total. The lowest BCUT2D eigenvalue weighted by Crippen LogP contribution is -2.41. The molecule has 2 amide bonds. The molecule has 0 unspecified atom stereocenters. The van der Waals surface area contributed by atoms with Gasteiger partial charge in [-0.1, -0.05) is 48.0 Å². The van der Waals surface area contributed by atoms with Crippen molar-refractivity contribution in [2.45, 2.75) is 19.3 Å². The summed E-state index contributed by atoms with van der Waals surface area (Å²) in [5.41, 5.74) is -4.56. The second-order valence-corrected chi connectivity index (χ2v) is 8.20. The van der Waals surface area contributed by atoms with Gasteiger partial charge in [-0.15, -0.1) is 0 Å². The van der Waals surface area contributed by atoms with Crippen molar-refractivity contribution in [2.24, 2.45) is 0 Å². The van der Waals surface area contributed by atoms with E-state index in [2.05, 4.69) is 5.32 Å². The van der Waals surface area contributed by atoms with Crippen molar-refractivity contribution in [3.63, 3.8) is 0 Å². The van der Waals surface area contributed by atoms with E-state index in [-0.39, 0.29) is 16.1 Å². The predicted octanol–water partition coefficient (Wildman–Crippen LogP) is 1.39. The topological polar surface area (TPSA) is 161 Å². The number of nitrogens with one attached hydrogen (secondary N) is 2. The standard InChI is InChI=1S/C24H19ClF3N3O7/c25-15-8-4-2-6-13(15)11-31-22(37)17(19(34)18(23(31)38)21(36)30-10-16(32)33)20(35)29-9-12-5-1-3-7-14(12)24(26,27)28/h1-8,34,37H,9-11H2,(H,29,35)(H,30,36)(H,32,33)/p-1. The summed E-state index contributed by atoms with van der Waals surface area (Å²) >= 11 is 6.10. The SMILES string of the molecule is O=C([O-])CNC(=O)c1c(O)c(C(=O)NCc2ccccc2C(F)(F)F)c(O)n(Cc2ccccc2Cl)c1=O. The molecule has 0 atom stereocenters. The molecule has 3 aromatic rings. The van der Waals surface area contributed by atoms with E-state index in [0.29, 0.717) is 4.57 Å². The van der Waals surface area contributed by atoms with E-state index in [4.69, 9.17) is 11.6 Å². The highest BCUT2D eigenvalue weighted by Crippen LogP contribution is 2.33. The van der Waals surface area contributed by atoms with Crippen molar-refractivity contribution in [3.8, 4) is 11.6 Å². The number of carbonyl (C=O) groups is 3. The van der Waals surface area contributed by atoms with Crippen LogP contribution in [0.5, 0.6) is 11.6 Å². The van der Waals surface area contributed by atoms with E-state index in [1.807, 2.05) is 5.32 Å². The van der Waals surface area contributed by atoms with Gasteiger partial charge < -0.3 is 30.7 Å². The lowest BCUT2D eigenvalue weighted by Gasteiger charge is -2.18. The van der Waals surface area contributed by atoms with E-state index in [0.717, 1.165) is 18.2 Å². The van der Waals surface area contributed by atoms with Crippen molar-refractivity contribution in [2.75, 3.05) is 6.54 Å². The maximum Gasteiger partial charge on any atom is 0.416 e. The molecule has 4 N–H and O–H groups in total. The summed E-state index contributed by atoms with van der Waals surface area (Å²) in [7, 11) is 0. The fourth-order valence-electron chi connectivity index (χ4n) is 3.51. The quantitative estimate of drug-likeness (QED) is 0.328. The number of carbonyl (C=O) groups excluding carboxylic acids is 3. The van der Waals surface area contributed by atoms with E-state index in [1.54, 1.807) is 12.1 Å². The third-order valence-electron chi connectivity index (χ3n) is 5.31. The molecular weight excluding hydrogens is 535 g/mol. The molecule has 1 heterocycles. The van der Waals surface area contributed by atoms with Gasteiger partial charge in [-0.2, -0.15) is 13.2 Å². The summed E-state index contributed by atoms with van der Waals surface area (Å²) in [6.45, 7) is -2.26. The highest BCUT2D eigenvalue weighted by molar-refractivity contribution is 6.31. The molecule has 0 saturated carbocycles. The van der Waals surface area contributed by atoms with Gasteiger partial charge in [0.2, 0.25) is 5.88 Å². The van der Waals surface area contributed by atoms with E-state index in [9.17, 15) is 47.7 Å². The zero-order chi connectivity index (χ0) is 28.2. The third-order valence-corrected chi connectivity index (χ3v) is 5.68. The van der Waals surface area contributed by atoms with Gasteiger partial charge in [-0.05, 0) is 23.3 Å². The summed E-state index contributed by atoms with van der Waals surface area (Å²) < 4.78 is 40.4. The minimum absolute atomic E-state index is 0.143. The van der Waals surface area contributed by atoms with Crippen molar-refractivity contribution in [1.29, 1.82) is 0 Å². The van der Waals surface area contributed by atoms with Gasteiger partial charge in [0.25, 0.3) is 17.4 Å². The number of aromatic hydroxyl groups is 2. The Morgan fingerprint density at radius 1 is 0.921 bits per heavy atom. The molecule has 0 saturated heterocycles. The minimum Gasteiger partial charge on any atom is -0.548 e. The number of carboxylic acids is 1. The van der Waals surface area contributed by atoms with E-state index < -0.39 is 77.5 Å².